The number of benzene rings is 1. The summed E-state index contributed by atoms with van der Waals surface area (Å²) in [6.07, 6.45) is 3.51. The Kier molecular flexibility index (Phi) is 4.33. The minimum absolute atomic E-state index is 0.0720. The summed E-state index contributed by atoms with van der Waals surface area (Å²) in [6.45, 7) is 1.39. The number of hydrogen-bond acceptors (Lipinski definition) is 2. The van der Waals surface area contributed by atoms with E-state index in [0.29, 0.717) is 36.0 Å². The minimum Gasteiger partial charge on any atom is -0.351 e. The Labute approximate surface area is 139 Å². The predicted molar refractivity (Wildman–Crippen MR) is 86.1 cm³/mol. The van der Waals surface area contributed by atoms with Crippen molar-refractivity contribution in [1.29, 1.82) is 0 Å². The van der Waals surface area contributed by atoms with Crippen molar-refractivity contribution < 1.29 is 9.59 Å². The van der Waals surface area contributed by atoms with Crippen molar-refractivity contribution >= 4 is 35.0 Å². The molecule has 2 aliphatic heterocycles. The van der Waals surface area contributed by atoms with Gasteiger partial charge < -0.3 is 10.2 Å². The van der Waals surface area contributed by atoms with Crippen LogP contribution < -0.4 is 5.32 Å². The van der Waals surface area contributed by atoms with Crippen LogP contribution in [0.3, 0.4) is 0 Å². The van der Waals surface area contributed by atoms with Crippen LogP contribution in [-0.4, -0.2) is 35.3 Å². The smallest absolute Gasteiger partial charge is 0.226 e. The van der Waals surface area contributed by atoms with Gasteiger partial charge in [-0.25, -0.2) is 0 Å². The second-order valence-corrected chi connectivity index (χ2v) is 6.95. The Balaban J connectivity index is 1.58. The molecule has 2 heterocycles. The molecule has 1 aromatic rings. The third-order valence-corrected chi connectivity index (χ3v) is 5.39. The van der Waals surface area contributed by atoms with Gasteiger partial charge in [0, 0.05) is 25.0 Å². The van der Waals surface area contributed by atoms with Crippen molar-refractivity contribution in [2.24, 2.45) is 0 Å². The van der Waals surface area contributed by atoms with Crippen LogP contribution in [0.15, 0.2) is 18.2 Å². The van der Waals surface area contributed by atoms with Gasteiger partial charge in [0.15, 0.2) is 0 Å². The molecule has 0 saturated carbocycles. The standard InChI is InChI=1S/C16H18Cl2N2O2/c17-12-2-1-11(9-13(12)18)10-15(22)20-7-5-16(6-8-20)4-3-14(21)19-16/h1-2,9H,3-8,10H2,(H,19,21). The number of halogens is 2. The van der Waals surface area contributed by atoms with Gasteiger partial charge in [0.2, 0.25) is 11.8 Å². The van der Waals surface area contributed by atoms with Gasteiger partial charge >= 0.3 is 0 Å². The van der Waals surface area contributed by atoms with E-state index in [1.807, 2.05) is 11.0 Å². The summed E-state index contributed by atoms with van der Waals surface area (Å²) in [5.41, 5.74) is 0.797. The van der Waals surface area contributed by atoms with Crippen LogP contribution in [0.2, 0.25) is 10.0 Å². The number of nitrogens with one attached hydrogen (secondary N) is 1. The Morgan fingerprint density at radius 3 is 2.50 bits per heavy atom. The van der Waals surface area contributed by atoms with E-state index >= 15 is 0 Å². The largest absolute Gasteiger partial charge is 0.351 e. The summed E-state index contributed by atoms with van der Waals surface area (Å²) >= 11 is 11.9. The summed E-state index contributed by atoms with van der Waals surface area (Å²) in [7, 11) is 0. The molecule has 4 nitrogen and oxygen atoms in total. The first-order chi connectivity index (χ1) is 10.5. The van der Waals surface area contributed by atoms with Crippen LogP contribution in [0.5, 0.6) is 0 Å². The van der Waals surface area contributed by atoms with Crippen LogP contribution in [0.25, 0.3) is 0 Å². The zero-order valence-electron chi connectivity index (χ0n) is 12.2. The highest BCUT2D eigenvalue weighted by Gasteiger charge is 2.40. The molecule has 118 valence electrons. The summed E-state index contributed by atoms with van der Waals surface area (Å²) in [5.74, 6) is 0.230. The summed E-state index contributed by atoms with van der Waals surface area (Å²) in [4.78, 5) is 25.7. The Morgan fingerprint density at radius 1 is 1.18 bits per heavy atom. The first-order valence-electron chi connectivity index (χ1n) is 7.50. The van der Waals surface area contributed by atoms with E-state index in [9.17, 15) is 9.59 Å². The zero-order valence-corrected chi connectivity index (χ0v) is 13.7. The molecule has 6 heteroatoms. The van der Waals surface area contributed by atoms with E-state index in [1.54, 1.807) is 12.1 Å². The molecule has 0 aliphatic carbocycles. The van der Waals surface area contributed by atoms with Crippen molar-refractivity contribution in [1.82, 2.24) is 10.2 Å². The Hall–Kier alpha value is -1.26. The molecule has 1 N–H and O–H groups in total. The molecule has 1 aromatic carbocycles. The molecule has 0 bridgehead atoms. The molecule has 0 unspecified atom stereocenters. The SMILES string of the molecule is O=C1CCC2(CCN(C(=O)Cc3ccc(Cl)c(Cl)c3)CC2)N1. The molecule has 2 amide bonds. The molecule has 1 spiro atoms. The first-order valence-corrected chi connectivity index (χ1v) is 8.26. The van der Waals surface area contributed by atoms with Crippen molar-refractivity contribution in [3.05, 3.63) is 33.8 Å². The number of carbonyl (C=O) groups is 2. The van der Waals surface area contributed by atoms with Crippen molar-refractivity contribution in [3.63, 3.8) is 0 Å². The van der Waals surface area contributed by atoms with Crippen LogP contribution in [0, 0.1) is 0 Å². The average Bonchev–Trinajstić information content (AvgIpc) is 2.84. The van der Waals surface area contributed by atoms with Gasteiger partial charge in [-0.15, -0.1) is 0 Å². The maximum atomic E-state index is 12.4. The second kappa shape index (κ2) is 6.09. The number of rotatable bonds is 2. The van der Waals surface area contributed by atoms with Gasteiger partial charge in [-0.2, -0.15) is 0 Å². The highest BCUT2D eigenvalue weighted by atomic mass is 35.5. The molecular weight excluding hydrogens is 323 g/mol. The molecule has 2 fully saturated rings. The molecule has 0 radical (unpaired) electrons. The number of amides is 2. The third kappa shape index (κ3) is 3.23. The lowest BCUT2D eigenvalue weighted by molar-refractivity contribution is -0.132. The first kappa shape index (κ1) is 15.6. The molecule has 0 atom stereocenters. The lowest BCUT2D eigenvalue weighted by Gasteiger charge is -2.39. The number of likely N-dealkylation sites (tertiary alicyclic amines) is 1. The summed E-state index contributed by atoms with van der Waals surface area (Å²) < 4.78 is 0. The van der Waals surface area contributed by atoms with Crippen molar-refractivity contribution in [3.8, 4) is 0 Å². The third-order valence-electron chi connectivity index (χ3n) is 4.65. The van der Waals surface area contributed by atoms with E-state index in [2.05, 4.69) is 5.32 Å². The van der Waals surface area contributed by atoms with Gasteiger partial charge in [-0.05, 0) is 37.0 Å². The number of hydrogen-bond donors (Lipinski definition) is 1. The molecule has 3 rings (SSSR count). The lowest BCUT2D eigenvalue weighted by atomic mass is 9.86. The van der Waals surface area contributed by atoms with Crippen molar-refractivity contribution in [2.75, 3.05) is 13.1 Å². The lowest BCUT2D eigenvalue weighted by Crippen LogP contribution is -2.52. The van der Waals surface area contributed by atoms with E-state index < -0.39 is 0 Å². The van der Waals surface area contributed by atoms with Gasteiger partial charge in [-0.3, -0.25) is 9.59 Å². The van der Waals surface area contributed by atoms with E-state index in [0.717, 1.165) is 24.8 Å². The molecule has 0 aromatic heterocycles. The van der Waals surface area contributed by atoms with Crippen LogP contribution in [0.1, 0.15) is 31.2 Å². The normalized spacial score (nSPS) is 20.3. The Bertz CT molecular complexity index is 610. The number of carbonyl (C=O) groups excluding carboxylic acids is 2. The second-order valence-electron chi connectivity index (χ2n) is 6.13. The predicted octanol–water partition coefficient (Wildman–Crippen LogP) is 2.81. The summed E-state index contributed by atoms with van der Waals surface area (Å²) in [6, 6.07) is 5.28. The zero-order chi connectivity index (χ0) is 15.7. The van der Waals surface area contributed by atoms with Crippen LogP contribution in [0.4, 0.5) is 0 Å². The fourth-order valence-electron chi connectivity index (χ4n) is 3.27. The fourth-order valence-corrected chi connectivity index (χ4v) is 3.59. The minimum atomic E-state index is -0.0720. The highest BCUT2D eigenvalue weighted by Crippen LogP contribution is 2.31. The Morgan fingerprint density at radius 2 is 1.91 bits per heavy atom. The summed E-state index contributed by atoms with van der Waals surface area (Å²) in [5, 5.41) is 4.05. The van der Waals surface area contributed by atoms with E-state index in [4.69, 9.17) is 23.2 Å². The van der Waals surface area contributed by atoms with E-state index in [1.165, 1.54) is 0 Å². The fraction of sp³-hybridized carbons (Fsp3) is 0.500. The molecule has 22 heavy (non-hydrogen) atoms. The van der Waals surface area contributed by atoms with Crippen molar-refractivity contribution in [2.45, 2.75) is 37.6 Å². The molecule has 2 saturated heterocycles. The topological polar surface area (TPSA) is 49.4 Å². The van der Waals surface area contributed by atoms with Gasteiger partial charge in [-0.1, -0.05) is 29.3 Å². The van der Waals surface area contributed by atoms with Gasteiger partial charge in [0.05, 0.1) is 16.5 Å². The molecular formula is C16H18Cl2N2O2. The highest BCUT2D eigenvalue weighted by molar-refractivity contribution is 6.42. The monoisotopic (exact) mass is 340 g/mol. The maximum Gasteiger partial charge on any atom is 0.226 e. The molecule has 2 aliphatic rings. The van der Waals surface area contributed by atoms with Crippen LogP contribution >= 0.6 is 23.2 Å². The number of piperidine rings is 1. The average molecular weight is 341 g/mol. The quantitative estimate of drug-likeness (QED) is 0.899. The van der Waals surface area contributed by atoms with Gasteiger partial charge in [0.1, 0.15) is 0 Å². The van der Waals surface area contributed by atoms with Crippen LogP contribution in [-0.2, 0) is 16.0 Å². The maximum absolute atomic E-state index is 12.4. The van der Waals surface area contributed by atoms with E-state index in [-0.39, 0.29) is 17.4 Å². The van der Waals surface area contributed by atoms with Gasteiger partial charge in [0.25, 0.3) is 0 Å². The number of nitrogens with zero attached hydrogens (tertiary/aromatic N) is 1.